The highest BCUT2D eigenvalue weighted by molar-refractivity contribution is 6.17. The van der Waals surface area contributed by atoms with Crippen molar-refractivity contribution in [3.8, 4) is 0 Å². The van der Waals surface area contributed by atoms with Crippen LogP contribution in [0.1, 0.15) is 23.7 Å². The summed E-state index contributed by atoms with van der Waals surface area (Å²) in [6.45, 7) is 2.23. The van der Waals surface area contributed by atoms with E-state index in [1.807, 2.05) is 6.07 Å². The molecule has 0 atom stereocenters. The van der Waals surface area contributed by atoms with Crippen LogP contribution >= 0.6 is 11.6 Å². The standard InChI is InChI=1S/C17H15ClN2O3/c1-11(21)12-3-5-16-14(9-12)15-10-13(20(22)23)4-6-17(15)19(16)8-2-7-18/h3-6,9-10H,2,7-8H2,1H3. The number of alkyl halides is 1. The summed E-state index contributed by atoms with van der Waals surface area (Å²) in [4.78, 5) is 22.3. The van der Waals surface area contributed by atoms with Gasteiger partial charge < -0.3 is 4.57 Å². The molecule has 2 aromatic carbocycles. The van der Waals surface area contributed by atoms with Crippen molar-refractivity contribution in [3.05, 3.63) is 52.1 Å². The van der Waals surface area contributed by atoms with Crippen LogP contribution in [0, 0.1) is 10.1 Å². The van der Waals surface area contributed by atoms with Crippen LogP contribution in [0.4, 0.5) is 5.69 Å². The Morgan fingerprint density at radius 1 is 1.17 bits per heavy atom. The zero-order valence-corrected chi connectivity index (χ0v) is 13.3. The van der Waals surface area contributed by atoms with Crippen molar-refractivity contribution >= 4 is 44.9 Å². The molecule has 0 spiro atoms. The van der Waals surface area contributed by atoms with Crippen LogP contribution in [-0.4, -0.2) is 21.2 Å². The number of benzene rings is 2. The average molecular weight is 331 g/mol. The predicted molar refractivity (Wildman–Crippen MR) is 91.4 cm³/mol. The minimum Gasteiger partial charge on any atom is -0.340 e. The number of nitrogens with zero attached hydrogens (tertiary/aromatic N) is 2. The van der Waals surface area contributed by atoms with E-state index in [0.29, 0.717) is 11.4 Å². The van der Waals surface area contributed by atoms with Crippen molar-refractivity contribution < 1.29 is 9.72 Å². The van der Waals surface area contributed by atoms with Crippen molar-refractivity contribution in [2.24, 2.45) is 0 Å². The average Bonchev–Trinajstić information content (AvgIpc) is 2.85. The quantitative estimate of drug-likeness (QED) is 0.299. The molecule has 5 nitrogen and oxygen atoms in total. The van der Waals surface area contributed by atoms with Gasteiger partial charge in [-0.15, -0.1) is 11.6 Å². The van der Waals surface area contributed by atoms with Gasteiger partial charge in [-0.25, -0.2) is 0 Å². The van der Waals surface area contributed by atoms with E-state index in [4.69, 9.17) is 11.6 Å². The SMILES string of the molecule is CC(=O)c1ccc2c(c1)c1cc([N+](=O)[O-])ccc1n2CCCCl. The first-order valence-corrected chi connectivity index (χ1v) is 7.83. The summed E-state index contributed by atoms with van der Waals surface area (Å²) in [5.41, 5.74) is 2.51. The molecule has 0 radical (unpaired) electrons. The third-order valence-electron chi connectivity index (χ3n) is 3.98. The number of nitro groups is 1. The number of Topliss-reactive ketones (excluding diaryl/α,β-unsaturated/α-hetero) is 1. The van der Waals surface area contributed by atoms with Crippen molar-refractivity contribution in [1.82, 2.24) is 4.57 Å². The monoisotopic (exact) mass is 330 g/mol. The van der Waals surface area contributed by atoms with Crippen LogP contribution in [-0.2, 0) is 6.54 Å². The first-order valence-electron chi connectivity index (χ1n) is 7.30. The summed E-state index contributed by atoms with van der Waals surface area (Å²) in [5.74, 6) is 0.513. The number of hydrogen-bond donors (Lipinski definition) is 0. The molecule has 0 aliphatic rings. The highest BCUT2D eigenvalue weighted by Gasteiger charge is 2.15. The number of carbonyl (C=O) groups excluding carboxylic acids is 1. The molecule has 0 amide bonds. The molecule has 0 saturated heterocycles. The van der Waals surface area contributed by atoms with Gasteiger partial charge in [0.15, 0.2) is 5.78 Å². The highest BCUT2D eigenvalue weighted by atomic mass is 35.5. The van der Waals surface area contributed by atoms with Gasteiger partial charge in [-0.2, -0.15) is 0 Å². The number of carbonyl (C=O) groups is 1. The van der Waals surface area contributed by atoms with E-state index in [1.165, 1.54) is 13.0 Å². The molecule has 1 aromatic heterocycles. The Morgan fingerprint density at radius 2 is 1.83 bits per heavy atom. The fourth-order valence-corrected chi connectivity index (χ4v) is 3.00. The number of aromatic nitrogens is 1. The third-order valence-corrected chi connectivity index (χ3v) is 4.25. The number of non-ortho nitro benzene ring substituents is 1. The Morgan fingerprint density at radius 3 is 2.43 bits per heavy atom. The van der Waals surface area contributed by atoms with E-state index in [0.717, 1.165) is 34.8 Å². The van der Waals surface area contributed by atoms with Crippen molar-refractivity contribution in [2.45, 2.75) is 19.9 Å². The Labute approximate surface area is 137 Å². The minimum absolute atomic E-state index is 0.0287. The Hall–Kier alpha value is -2.40. The van der Waals surface area contributed by atoms with Gasteiger partial charge in [0, 0.05) is 51.9 Å². The minimum atomic E-state index is -0.407. The summed E-state index contributed by atoms with van der Waals surface area (Å²) in [7, 11) is 0. The van der Waals surface area contributed by atoms with E-state index >= 15 is 0 Å². The predicted octanol–water partition coefficient (Wildman–Crippen LogP) is 4.53. The number of nitro benzene ring substituents is 1. The molecular weight excluding hydrogens is 316 g/mol. The van der Waals surface area contributed by atoms with Crippen LogP contribution in [0.2, 0.25) is 0 Å². The lowest BCUT2D eigenvalue weighted by Crippen LogP contribution is -1.98. The zero-order chi connectivity index (χ0) is 16.6. The van der Waals surface area contributed by atoms with Crippen LogP contribution in [0.15, 0.2) is 36.4 Å². The van der Waals surface area contributed by atoms with Gasteiger partial charge in [-0.1, -0.05) is 0 Å². The van der Waals surface area contributed by atoms with Crippen molar-refractivity contribution in [1.29, 1.82) is 0 Å². The summed E-state index contributed by atoms with van der Waals surface area (Å²) < 4.78 is 2.10. The van der Waals surface area contributed by atoms with Crippen LogP contribution in [0.25, 0.3) is 21.8 Å². The van der Waals surface area contributed by atoms with Crippen molar-refractivity contribution in [3.63, 3.8) is 0 Å². The van der Waals surface area contributed by atoms with Crippen LogP contribution in [0.5, 0.6) is 0 Å². The maximum Gasteiger partial charge on any atom is 0.270 e. The van der Waals surface area contributed by atoms with Gasteiger partial charge in [-0.05, 0) is 37.6 Å². The number of rotatable bonds is 5. The largest absolute Gasteiger partial charge is 0.340 e. The Kier molecular flexibility index (Phi) is 4.05. The Balaban J connectivity index is 2.35. The van der Waals surface area contributed by atoms with Gasteiger partial charge in [0.25, 0.3) is 5.69 Å². The molecular formula is C17H15ClN2O3. The Bertz CT molecular complexity index is 859. The molecule has 0 saturated carbocycles. The van der Waals surface area contributed by atoms with Gasteiger partial charge in [-0.3, -0.25) is 14.9 Å². The smallest absolute Gasteiger partial charge is 0.270 e. The maximum absolute atomic E-state index is 11.6. The molecule has 3 rings (SSSR count). The van der Waals surface area contributed by atoms with E-state index in [1.54, 1.807) is 24.3 Å². The number of hydrogen-bond acceptors (Lipinski definition) is 3. The number of aryl methyl sites for hydroxylation is 1. The topological polar surface area (TPSA) is 65.1 Å². The molecule has 0 unspecified atom stereocenters. The highest BCUT2D eigenvalue weighted by Crippen LogP contribution is 2.32. The van der Waals surface area contributed by atoms with Crippen LogP contribution < -0.4 is 0 Å². The first kappa shape index (κ1) is 15.5. The molecule has 6 heteroatoms. The number of halogens is 1. The molecule has 0 N–H and O–H groups in total. The lowest BCUT2D eigenvalue weighted by Gasteiger charge is -2.06. The summed E-state index contributed by atoms with van der Waals surface area (Å²) >= 11 is 5.81. The molecule has 3 aromatic rings. The summed E-state index contributed by atoms with van der Waals surface area (Å²) in [6.07, 6.45) is 0.798. The van der Waals surface area contributed by atoms with Crippen LogP contribution in [0.3, 0.4) is 0 Å². The normalized spacial score (nSPS) is 11.2. The van der Waals surface area contributed by atoms with Gasteiger partial charge in [0.05, 0.1) is 4.92 Å². The molecule has 0 fully saturated rings. The molecule has 0 bridgehead atoms. The number of ketones is 1. The molecule has 1 heterocycles. The maximum atomic E-state index is 11.6. The molecule has 23 heavy (non-hydrogen) atoms. The second-order valence-corrected chi connectivity index (χ2v) is 5.82. The van der Waals surface area contributed by atoms with Crippen molar-refractivity contribution in [2.75, 3.05) is 5.88 Å². The van der Waals surface area contributed by atoms with E-state index in [2.05, 4.69) is 4.57 Å². The fraction of sp³-hybridized carbons (Fsp3) is 0.235. The second-order valence-electron chi connectivity index (χ2n) is 5.44. The third kappa shape index (κ3) is 2.68. The lowest BCUT2D eigenvalue weighted by molar-refractivity contribution is -0.384. The van der Waals surface area contributed by atoms with Gasteiger partial charge in [0.1, 0.15) is 0 Å². The molecule has 0 aliphatic heterocycles. The molecule has 0 aliphatic carbocycles. The summed E-state index contributed by atoms with van der Waals surface area (Å²) in [5, 5.41) is 12.7. The number of fused-ring (bicyclic) bond motifs is 3. The lowest BCUT2D eigenvalue weighted by atomic mass is 10.1. The fourth-order valence-electron chi connectivity index (χ4n) is 2.88. The second kappa shape index (κ2) is 6.01. The molecule has 118 valence electrons. The summed E-state index contributed by atoms with van der Waals surface area (Å²) in [6, 6.07) is 10.3. The van der Waals surface area contributed by atoms with Gasteiger partial charge in [0.2, 0.25) is 0 Å². The van der Waals surface area contributed by atoms with Gasteiger partial charge >= 0.3 is 0 Å². The van der Waals surface area contributed by atoms with E-state index < -0.39 is 4.92 Å². The van der Waals surface area contributed by atoms with E-state index in [-0.39, 0.29) is 11.5 Å². The zero-order valence-electron chi connectivity index (χ0n) is 12.6. The first-order chi connectivity index (χ1) is 11.0. The van der Waals surface area contributed by atoms with E-state index in [9.17, 15) is 14.9 Å².